The van der Waals surface area contributed by atoms with Gasteiger partial charge in [-0.15, -0.1) is 0 Å². The first-order valence-corrected chi connectivity index (χ1v) is 7.64. The van der Waals surface area contributed by atoms with Gasteiger partial charge in [-0.2, -0.15) is 9.40 Å². The van der Waals surface area contributed by atoms with Crippen LogP contribution in [-0.2, 0) is 10.0 Å². The molecule has 112 valence electrons. The minimum Gasteiger partial charge on any atom is -0.476 e. The van der Waals surface area contributed by atoms with Gasteiger partial charge < -0.3 is 10.0 Å². The molecule has 9 heteroatoms. The van der Waals surface area contributed by atoms with Crippen LogP contribution < -0.4 is 0 Å². The molecule has 2 heterocycles. The quantitative estimate of drug-likeness (QED) is 0.793. The summed E-state index contributed by atoms with van der Waals surface area (Å²) < 4.78 is 26.5. The van der Waals surface area contributed by atoms with Gasteiger partial charge in [0.15, 0.2) is 5.69 Å². The van der Waals surface area contributed by atoms with Crippen molar-refractivity contribution in [2.75, 3.05) is 27.2 Å². The zero-order valence-electron chi connectivity index (χ0n) is 11.6. The highest BCUT2D eigenvalue weighted by Gasteiger charge is 2.38. The summed E-state index contributed by atoms with van der Waals surface area (Å²) >= 11 is 0. The molecule has 1 aromatic heterocycles. The number of aryl methyl sites for hydroxylation is 1. The van der Waals surface area contributed by atoms with Crippen molar-refractivity contribution in [3.63, 3.8) is 0 Å². The lowest BCUT2D eigenvalue weighted by molar-refractivity contribution is 0.0686. The average Bonchev–Trinajstić information content (AvgIpc) is 2.94. The molecule has 0 aliphatic carbocycles. The number of aromatic nitrogens is 2. The standard InChI is InChI=1S/C11H18N4O4S/c1-7-10(9(11(16)17)13-12-7)20(18,19)15-5-4-8(6-15)14(2)3/h8H,4-6H2,1-3H3,(H,12,13)(H,16,17). The molecule has 0 bridgehead atoms. The highest BCUT2D eigenvalue weighted by molar-refractivity contribution is 7.89. The van der Waals surface area contributed by atoms with Crippen LogP contribution in [0.25, 0.3) is 0 Å². The van der Waals surface area contributed by atoms with Gasteiger partial charge in [0.1, 0.15) is 4.90 Å². The van der Waals surface area contributed by atoms with Crippen LogP contribution in [0.15, 0.2) is 4.90 Å². The van der Waals surface area contributed by atoms with E-state index in [1.54, 1.807) is 0 Å². The number of likely N-dealkylation sites (N-methyl/N-ethyl adjacent to an activating group) is 1. The second kappa shape index (κ2) is 5.15. The van der Waals surface area contributed by atoms with E-state index in [4.69, 9.17) is 5.11 Å². The van der Waals surface area contributed by atoms with Crippen LogP contribution >= 0.6 is 0 Å². The third kappa shape index (κ3) is 2.43. The molecule has 2 rings (SSSR count). The van der Waals surface area contributed by atoms with Gasteiger partial charge in [0, 0.05) is 19.1 Å². The molecule has 1 atom stereocenters. The Morgan fingerprint density at radius 1 is 1.50 bits per heavy atom. The number of hydrogen-bond acceptors (Lipinski definition) is 5. The molecular formula is C11H18N4O4S. The first kappa shape index (κ1) is 14.9. The Morgan fingerprint density at radius 3 is 2.65 bits per heavy atom. The fraction of sp³-hybridized carbons (Fsp3) is 0.636. The summed E-state index contributed by atoms with van der Waals surface area (Å²) in [6.45, 7) is 2.25. The third-order valence-corrected chi connectivity index (χ3v) is 5.57. The van der Waals surface area contributed by atoms with E-state index in [-0.39, 0.29) is 16.6 Å². The topological polar surface area (TPSA) is 107 Å². The number of sulfonamides is 1. The molecular weight excluding hydrogens is 284 g/mol. The van der Waals surface area contributed by atoms with Crippen molar-refractivity contribution < 1.29 is 18.3 Å². The third-order valence-electron chi connectivity index (χ3n) is 3.55. The molecule has 0 radical (unpaired) electrons. The van der Waals surface area contributed by atoms with Crippen molar-refractivity contribution in [1.82, 2.24) is 19.4 Å². The summed E-state index contributed by atoms with van der Waals surface area (Å²) in [4.78, 5) is 12.8. The first-order chi connectivity index (χ1) is 9.25. The summed E-state index contributed by atoms with van der Waals surface area (Å²) in [5, 5.41) is 15.1. The summed E-state index contributed by atoms with van der Waals surface area (Å²) in [6.07, 6.45) is 0.728. The zero-order valence-corrected chi connectivity index (χ0v) is 12.4. The number of rotatable bonds is 4. The molecule has 0 amide bonds. The molecule has 1 aliphatic rings. The Balaban J connectivity index is 2.37. The maximum Gasteiger partial charge on any atom is 0.357 e. The smallest absolute Gasteiger partial charge is 0.357 e. The van der Waals surface area contributed by atoms with Gasteiger partial charge >= 0.3 is 5.97 Å². The van der Waals surface area contributed by atoms with Crippen LogP contribution in [0.5, 0.6) is 0 Å². The fourth-order valence-corrected chi connectivity index (χ4v) is 4.14. The molecule has 1 aliphatic heterocycles. The SMILES string of the molecule is Cc1[nH]nc(C(=O)O)c1S(=O)(=O)N1CCC(N(C)C)C1. The van der Waals surface area contributed by atoms with Gasteiger partial charge in [-0.05, 0) is 27.4 Å². The number of carbonyl (C=O) groups is 1. The van der Waals surface area contributed by atoms with Gasteiger partial charge in [-0.3, -0.25) is 5.10 Å². The van der Waals surface area contributed by atoms with E-state index in [1.807, 2.05) is 19.0 Å². The summed E-state index contributed by atoms with van der Waals surface area (Å²) in [7, 11) is -0.0453. The number of carboxylic acid groups (broad SMARTS) is 1. The van der Waals surface area contributed by atoms with Crippen molar-refractivity contribution in [2.45, 2.75) is 24.3 Å². The lowest BCUT2D eigenvalue weighted by Crippen LogP contribution is -2.35. The lowest BCUT2D eigenvalue weighted by atomic mass is 10.2. The van der Waals surface area contributed by atoms with Crippen molar-refractivity contribution in [1.29, 1.82) is 0 Å². The minimum absolute atomic E-state index is 0.144. The van der Waals surface area contributed by atoms with Gasteiger partial charge in [-0.1, -0.05) is 0 Å². The van der Waals surface area contributed by atoms with Crippen LogP contribution in [0, 0.1) is 6.92 Å². The highest BCUT2D eigenvalue weighted by Crippen LogP contribution is 2.26. The van der Waals surface area contributed by atoms with Gasteiger partial charge in [-0.25, -0.2) is 13.2 Å². The van der Waals surface area contributed by atoms with E-state index in [2.05, 4.69) is 10.2 Å². The molecule has 0 spiro atoms. The fourth-order valence-electron chi connectivity index (χ4n) is 2.36. The van der Waals surface area contributed by atoms with E-state index < -0.39 is 21.7 Å². The van der Waals surface area contributed by atoms with Crippen LogP contribution in [0.1, 0.15) is 22.6 Å². The molecule has 0 saturated carbocycles. The number of hydrogen-bond donors (Lipinski definition) is 2. The number of nitrogens with one attached hydrogen (secondary N) is 1. The van der Waals surface area contributed by atoms with E-state index in [1.165, 1.54) is 11.2 Å². The van der Waals surface area contributed by atoms with Crippen molar-refractivity contribution in [3.8, 4) is 0 Å². The van der Waals surface area contributed by atoms with Crippen LogP contribution in [-0.4, -0.2) is 72.1 Å². The molecule has 2 N–H and O–H groups in total. The summed E-state index contributed by atoms with van der Waals surface area (Å²) in [6, 6.07) is 0.144. The maximum absolute atomic E-state index is 12.6. The molecule has 1 unspecified atom stereocenters. The molecule has 1 saturated heterocycles. The van der Waals surface area contributed by atoms with Crippen molar-refractivity contribution in [3.05, 3.63) is 11.4 Å². The lowest BCUT2D eigenvalue weighted by Gasteiger charge is -2.20. The Kier molecular flexibility index (Phi) is 3.85. The number of nitrogens with zero attached hydrogens (tertiary/aromatic N) is 3. The molecule has 20 heavy (non-hydrogen) atoms. The monoisotopic (exact) mass is 302 g/mol. The normalized spacial score (nSPS) is 20.7. The summed E-state index contributed by atoms with van der Waals surface area (Å²) in [5.41, 5.74) is -0.202. The van der Waals surface area contributed by atoms with Crippen LogP contribution in [0.2, 0.25) is 0 Å². The number of H-pyrrole nitrogens is 1. The molecule has 8 nitrogen and oxygen atoms in total. The maximum atomic E-state index is 12.6. The summed E-state index contributed by atoms with van der Waals surface area (Å²) in [5.74, 6) is -1.35. The average molecular weight is 302 g/mol. The van der Waals surface area contributed by atoms with Crippen LogP contribution in [0.4, 0.5) is 0 Å². The van der Waals surface area contributed by atoms with Crippen molar-refractivity contribution >= 4 is 16.0 Å². The minimum atomic E-state index is -3.84. The molecule has 0 aromatic carbocycles. The van der Waals surface area contributed by atoms with Crippen LogP contribution in [0.3, 0.4) is 0 Å². The first-order valence-electron chi connectivity index (χ1n) is 6.20. The van der Waals surface area contributed by atoms with E-state index in [0.717, 1.165) is 6.42 Å². The second-order valence-corrected chi connectivity index (χ2v) is 6.98. The predicted octanol–water partition coefficient (Wildman–Crippen LogP) is -0.259. The van der Waals surface area contributed by atoms with E-state index in [9.17, 15) is 13.2 Å². The largest absolute Gasteiger partial charge is 0.476 e. The Bertz CT molecular complexity index is 622. The number of aromatic amines is 1. The zero-order chi connectivity index (χ0) is 15.1. The second-order valence-electron chi connectivity index (χ2n) is 5.10. The predicted molar refractivity (Wildman–Crippen MR) is 71.1 cm³/mol. The number of aromatic carboxylic acids is 1. The van der Waals surface area contributed by atoms with Gasteiger partial charge in [0.25, 0.3) is 0 Å². The Hall–Kier alpha value is -1.45. The Labute approximate surface area is 117 Å². The van der Waals surface area contributed by atoms with Gasteiger partial charge in [0.05, 0.1) is 5.69 Å². The van der Waals surface area contributed by atoms with Crippen molar-refractivity contribution in [2.24, 2.45) is 0 Å². The van der Waals surface area contributed by atoms with Gasteiger partial charge in [0.2, 0.25) is 10.0 Å². The number of carboxylic acids is 1. The molecule has 1 aromatic rings. The molecule has 1 fully saturated rings. The highest BCUT2D eigenvalue weighted by atomic mass is 32.2. The Morgan fingerprint density at radius 2 is 2.15 bits per heavy atom. The van der Waals surface area contributed by atoms with E-state index in [0.29, 0.717) is 13.1 Å². The van der Waals surface area contributed by atoms with E-state index >= 15 is 0 Å².